The summed E-state index contributed by atoms with van der Waals surface area (Å²) in [5.41, 5.74) is 4.28. The number of aromatic nitrogens is 1. The minimum absolute atomic E-state index is 0.0729. The van der Waals surface area contributed by atoms with Crippen molar-refractivity contribution in [2.24, 2.45) is 0 Å². The van der Waals surface area contributed by atoms with Gasteiger partial charge in [-0.15, -0.1) is 0 Å². The van der Waals surface area contributed by atoms with Crippen molar-refractivity contribution in [3.8, 4) is 22.7 Å². The van der Waals surface area contributed by atoms with Crippen molar-refractivity contribution in [2.75, 3.05) is 7.11 Å². The van der Waals surface area contributed by atoms with Crippen molar-refractivity contribution in [3.63, 3.8) is 0 Å². The zero-order chi connectivity index (χ0) is 26.0. The third-order valence-electron chi connectivity index (χ3n) is 5.85. The summed E-state index contributed by atoms with van der Waals surface area (Å²) in [4.78, 5) is 12.3. The van der Waals surface area contributed by atoms with Crippen LogP contribution in [0.5, 0.6) is 5.75 Å². The van der Waals surface area contributed by atoms with E-state index < -0.39 is 17.7 Å². The number of hydrogen-bond acceptors (Lipinski definition) is 3. The van der Waals surface area contributed by atoms with Gasteiger partial charge in [-0.1, -0.05) is 29.8 Å². The maximum absolute atomic E-state index is 12.9. The number of alkyl halides is 3. The Morgan fingerprint density at radius 3 is 2.33 bits per heavy atom. The Morgan fingerprint density at radius 1 is 0.944 bits per heavy atom. The monoisotopic (exact) mass is 513 g/mol. The van der Waals surface area contributed by atoms with Crippen LogP contribution in [0.4, 0.5) is 13.2 Å². The van der Waals surface area contributed by atoms with E-state index in [9.17, 15) is 18.0 Å². The molecule has 0 radical (unpaired) electrons. The molecule has 3 aromatic carbocycles. The van der Waals surface area contributed by atoms with E-state index in [2.05, 4.69) is 0 Å². The lowest BCUT2D eigenvalue weighted by molar-refractivity contribution is -0.137. The molecule has 36 heavy (non-hydrogen) atoms. The van der Waals surface area contributed by atoms with Gasteiger partial charge in [-0.3, -0.25) is 0 Å². The number of methoxy groups -OCH3 is 1. The Hall–Kier alpha value is -3.71. The summed E-state index contributed by atoms with van der Waals surface area (Å²) in [6.45, 7) is 3.85. The first-order chi connectivity index (χ1) is 17.1. The minimum Gasteiger partial charge on any atom is -0.488 e. The van der Waals surface area contributed by atoms with Crippen LogP contribution in [0.1, 0.15) is 32.7 Å². The molecule has 186 valence electrons. The van der Waals surface area contributed by atoms with E-state index in [1.165, 1.54) is 19.2 Å². The van der Waals surface area contributed by atoms with Gasteiger partial charge in [0.05, 0.1) is 23.9 Å². The Morgan fingerprint density at radius 2 is 1.67 bits per heavy atom. The lowest BCUT2D eigenvalue weighted by atomic mass is 10.1. The molecule has 4 aromatic rings. The lowest BCUT2D eigenvalue weighted by Crippen LogP contribution is -2.07. The molecule has 0 N–H and O–H groups in total. The van der Waals surface area contributed by atoms with Gasteiger partial charge in [-0.25, -0.2) is 4.79 Å². The summed E-state index contributed by atoms with van der Waals surface area (Å²) < 4.78 is 51.5. The summed E-state index contributed by atoms with van der Waals surface area (Å²) in [7, 11) is 1.34. The van der Waals surface area contributed by atoms with E-state index in [0.29, 0.717) is 27.5 Å². The topological polar surface area (TPSA) is 40.5 Å². The Bertz CT molecular complexity index is 1410. The number of halogens is 4. The predicted octanol–water partition coefficient (Wildman–Crippen LogP) is 7.80. The lowest BCUT2D eigenvalue weighted by Gasteiger charge is -2.17. The molecule has 0 saturated heterocycles. The molecule has 1 heterocycles. The fourth-order valence-electron chi connectivity index (χ4n) is 3.95. The molecule has 0 saturated carbocycles. The molecule has 8 heteroatoms. The number of nitrogens with zero attached hydrogens (tertiary/aromatic N) is 1. The zero-order valence-electron chi connectivity index (χ0n) is 19.8. The Kier molecular flexibility index (Phi) is 7.13. The number of benzene rings is 3. The van der Waals surface area contributed by atoms with Crippen LogP contribution in [-0.2, 0) is 17.5 Å². The molecule has 0 amide bonds. The highest BCUT2D eigenvalue weighted by Crippen LogP contribution is 2.36. The highest BCUT2D eigenvalue weighted by Gasteiger charge is 2.30. The molecule has 0 fully saturated rings. The van der Waals surface area contributed by atoms with Gasteiger partial charge in [-0.2, -0.15) is 13.2 Å². The second kappa shape index (κ2) is 10.1. The number of hydrogen-bond donors (Lipinski definition) is 0. The fraction of sp³-hybridized carbons (Fsp3) is 0.179. The van der Waals surface area contributed by atoms with Crippen molar-refractivity contribution in [1.29, 1.82) is 0 Å². The quantitative estimate of drug-likeness (QED) is 0.247. The van der Waals surface area contributed by atoms with Crippen molar-refractivity contribution < 1.29 is 27.4 Å². The van der Waals surface area contributed by atoms with Crippen LogP contribution in [0.15, 0.2) is 72.8 Å². The van der Waals surface area contributed by atoms with Gasteiger partial charge >= 0.3 is 12.1 Å². The maximum atomic E-state index is 12.9. The number of aryl methyl sites for hydroxylation is 2. The summed E-state index contributed by atoms with van der Waals surface area (Å²) in [6.07, 6.45) is -4.39. The normalized spacial score (nSPS) is 11.4. The third kappa shape index (κ3) is 5.26. The minimum atomic E-state index is -4.39. The number of carbonyl (C=O) groups is 1. The largest absolute Gasteiger partial charge is 0.488 e. The van der Waals surface area contributed by atoms with E-state index in [1.54, 1.807) is 24.3 Å². The second-order valence-corrected chi connectivity index (χ2v) is 8.75. The molecule has 0 atom stereocenters. The highest BCUT2D eigenvalue weighted by molar-refractivity contribution is 6.31. The van der Waals surface area contributed by atoms with Crippen LogP contribution in [0.25, 0.3) is 16.9 Å². The van der Waals surface area contributed by atoms with Crippen LogP contribution in [0.2, 0.25) is 5.02 Å². The van der Waals surface area contributed by atoms with Crippen LogP contribution in [-0.4, -0.2) is 17.6 Å². The smallest absolute Gasteiger partial charge is 0.416 e. The van der Waals surface area contributed by atoms with Gasteiger partial charge in [0, 0.05) is 22.0 Å². The van der Waals surface area contributed by atoms with E-state index in [-0.39, 0.29) is 6.61 Å². The van der Waals surface area contributed by atoms with Gasteiger partial charge in [0.15, 0.2) is 0 Å². The number of rotatable bonds is 6. The number of esters is 1. The van der Waals surface area contributed by atoms with E-state index in [4.69, 9.17) is 21.1 Å². The average Bonchev–Trinajstić information content (AvgIpc) is 3.24. The van der Waals surface area contributed by atoms with Crippen LogP contribution < -0.4 is 4.74 Å². The van der Waals surface area contributed by atoms with Crippen LogP contribution >= 0.6 is 11.6 Å². The first-order valence-electron chi connectivity index (χ1n) is 11.0. The summed E-state index contributed by atoms with van der Waals surface area (Å²) in [6, 6.07) is 19.4. The molecule has 0 aliphatic carbocycles. The van der Waals surface area contributed by atoms with Gasteiger partial charge in [0.2, 0.25) is 0 Å². The van der Waals surface area contributed by atoms with Gasteiger partial charge < -0.3 is 14.0 Å². The van der Waals surface area contributed by atoms with Crippen molar-refractivity contribution in [3.05, 3.63) is 106 Å². The first kappa shape index (κ1) is 25.4. The summed E-state index contributed by atoms with van der Waals surface area (Å²) >= 11 is 6.32. The van der Waals surface area contributed by atoms with E-state index in [1.807, 2.05) is 42.7 Å². The molecular weight excluding hydrogens is 491 g/mol. The molecule has 0 aliphatic heterocycles. The van der Waals surface area contributed by atoms with E-state index in [0.717, 1.165) is 34.8 Å². The molecule has 0 unspecified atom stereocenters. The van der Waals surface area contributed by atoms with Crippen LogP contribution in [0.3, 0.4) is 0 Å². The number of carbonyl (C=O) groups excluding carboxylic acids is 1. The fourth-order valence-corrected chi connectivity index (χ4v) is 4.12. The average molecular weight is 514 g/mol. The van der Waals surface area contributed by atoms with E-state index >= 15 is 0 Å². The van der Waals surface area contributed by atoms with Crippen molar-refractivity contribution in [1.82, 2.24) is 4.57 Å². The Labute approximate surface area is 211 Å². The maximum Gasteiger partial charge on any atom is 0.416 e. The molecular formula is C28H23ClF3NO3. The molecule has 1 aromatic heterocycles. The molecule has 4 rings (SSSR count). The second-order valence-electron chi connectivity index (χ2n) is 8.31. The van der Waals surface area contributed by atoms with Gasteiger partial charge in [0.25, 0.3) is 0 Å². The van der Waals surface area contributed by atoms with Crippen LogP contribution in [0, 0.1) is 13.8 Å². The summed E-state index contributed by atoms with van der Waals surface area (Å²) in [5, 5.41) is 0.497. The van der Waals surface area contributed by atoms with Crippen molar-refractivity contribution >= 4 is 17.6 Å². The number of ether oxygens (including phenoxy) is 2. The summed E-state index contributed by atoms with van der Waals surface area (Å²) in [5.74, 6) is 0.0861. The third-order valence-corrected chi connectivity index (χ3v) is 6.09. The Balaban J connectivity index is 1.71. The molecule has 4 nitrogen and oxygen atoms in total. The zero-order valence-corrected chi connectivity index (χ0v) is 20.6. The SMILES string of the molecule is COC(=O)c1cc(-n2c(C)ccc2-c2cc(Cl)ccc2OCc2ccc(C(F)(F)F)cc2)ccc1C. The first-order valence-corrected chi connectivity index (χ1v) is 11.4. The standard InChI is InChI=1S/C28H23ClF3NO3/c1-17-4-11-22(15-23(17)27(34)35-3)33-18(2)5-12-25(33)24-14-21(29)10-13-26(24)36-16-19-6-8-20(9-7-19)28(30,31)32/h4-15H,16H2,1-3H3. The van der Waals surface area contributed by atoms with Gasteiger partial charge in [0.1, 0.15) is 12.4 Å². The predicted molar refractivity (Wildman–Crippen MR) is 133 cm³/mol. The highest BCUT2D eigenvalue weighted by atomic mass is 35.5. The van der Waals surface area contributed by atoms with Gasteiger partial charge in [-0.05, 0) is 79.6 Å². The molecule has 0 spiro atoms. The van der Waals surface area contributed by atoms with Crippen molar-refractivity contribution in [2.45, 2.75) is 26.6 Å². The molecule has 0 bridgehead atoms. The molecule has 0 aliphatic rings.